The lowest BCUT2D eigenvalue weighted by molar-refractivity contribution is 0.145. The molecule has 0 aliphatic heterocycles. The predicted octanol–water partition coefficient (Wildman–Crippen LogP) is 4.49. The second kappa shape index (κ2) is 9.89. The molecule has 0 heterocycles. The van der Waals surface area contributed by atoms with Crippen LogP contribution in [0.3, 0.4) is 0 Å². The highest BCUT2D eigenvalue weighted by Crippen LogP contribution is 2.32. The summed E-state index contributed by atoms with van der Waals surface area (Å²) >= 11 is 13.9. The van der Waals surface area contributed by atoms with Gasteiger partial charge in [-0.15, -0.1) is 11.8 Å². The number of thioether (sulfide) groups is 1. The molecule has 0 fully saturated rings. The van der Waals surface area contributed by atoms with Crippen LogP contribution in [0.25, 0.3) is 0 Å². The van der Waals surface area contributed by atoms with Crippen LogP contribution in [-0.4, -0.2) is 31.6 Å². The van der Waals surface area contributed by atoms with Crippen molar-refractivity contribution in [2.24, 2.45) is 0 Å². The standard InChI is InChI=1S/C14H21Cl2NOS/c1-3-18-8-4-7-17-10-11(2)19-14-9-12(15)5-6-13(14)16/h5-6,9,11,17H,3-4,7-8,10H2,1-2H3. The summed E-state index contributed by atoms with van der Waals surface area (Å²) in [6.07, 6.45) is 1.04. The Balaban J connectivity index is 2.23. The summed E-state index contributed by atoms with van der Waals surface area (Å²) in [6.45, 7) is 7.73. The molecule has 1 aromatic carbocycles. The van der Waals surface area contributed by atoms with Crippen LogP contribution < -0.4 is 5.32 Å². The number of benzene rings is 1. The molecule has 1 aromatic rings. The van der Waals surface area contributed by atoms with E-state index in [9.17, 15) is 0 Å². The Morgan fingerprint density at radius 1 is 1.37 bits per heavy atom. The maximum Gasteiger partial charge on any atom is 0.0543 e. The van der Waals surface area contributed by atoms with E-state index >= 15 is 0 Å². The van der Waals surface area contributed by atoms with Crippen LogP contribution in [-0.2, 0) is 4.74 Å². The Morgan fingerprint density at radius 3 is 2.89 bits per heavy atom. The summed E-state index contributed by atoms with van der Waals surface area (Å²) < 4.78 is 5.29. The lowest BCUT2D eigenvalue weighted by Crippen LogP contribution is -2.24. The minimum Gasteiger partial charge on any atom is -0.382 e. The van der Waals surface area contributed by atoms with E-state index in [0.717, 1.165) is 47.7 Å². The molecule has 2 nitrogen and oxygen atoms in total. The van der Waals surface area contributed by atoms with Crippen molar-refractivity contribution in [2.75, 3.05) is 26.3 Å². The lowest BCUT2D eigenvalue weighted by atomic mass is 10.4. The highest BCUT2D eigenvalue weighted by molar-refractivity contribution is 8.00. The first-order valence-electron chi connectivity index (χ1n) is 6.53. The van der Waals surface area contributed by atoms with E-state index in [0.29, 0.717) is 5.25 Å². The molecule has 0 saturated heterocycles. The monoisotopic (exact) mass is 321 g/mol. The van der Waals surface area contributed by atoms with Crippen molar-refractivity contribution in [1.29, 1.82) is 0 Å². The van der Waals surface area contributed by atoms with Gasteiger partial charge in [0.1, 0.15) is 0 Å². The number of hydrogen-bond donors (Lipinski definition) is 1. The molecule has 0 radical (unpaired) electrons. The van der Waals surface area contributed by atoms with E-state index < -0.39 is 0 Å². The zero-order valence-corrected chi connectivity index (χ0v) is 13.7. The second-order valence-electron chi connectivity index (χ2n) is 4.26. The van der Waals surface area contributed by atoms with Crippen molar-refractivity contribution < 1.29 is 4.74 Å². The third-order valence-corrected chi connectivity index (χ3v) is 4.34. The fraction of sp³-hybridized carbons (Fsp3) is 0.571. The van der Waals surface area contributed by atoms with Crippen molar-refractivity contribution in [3.05, 3.63) is 28.2 Å². The van der Waals surface area contributed by atoms with Gasteiger partial charge < -0.3 is 10.1 Å². The molecule has 5 heteroatoms. The van der Waals surface area contributed by atoms with Gasteiger partial charge >= 0.3 is 0 Å². The van der Waals surface area contributed by atoms with Gasteiger partial charge in [0.25, 0.3) is 0 Å². The smallest absolute Gasteiger partial charge is 0.0543 e. The summed E-state index contributed by atoms with van der Waals surface area (Å²) in [5.41, 5.74) is 0. The maximum atomic E-state index is 6.14. The zero-order chi connectivity index (χ0) is 14.1. The van der Waals surface area contributed by atoms with Gasteiger partial charge in [-0.2, -0.15) is 0 Å². The van der Waals surface area contributed by atoms with Crippen LogP contribution in [0.1, 0.15) is 20.3 Å². The van der Waals surface area contributed by atoms with Crippen LogP contribution in [0.15, 0.2) is 23.1 Å². The first kappa shape index (κ1) is 17.1. The summed E-state index contributed by atoms with van der Waals surface area (Å²) in [7, 11) is 0. The molecule has 0 aliphatic carbocycles. The Labute approximate surface area is 130 Å². The van der Waals surface area contributed by atoms with E-state index in [2.05, 4.69) is 12.2 Å². The van der Waals surface area contributed by atoms with Gasteiger partial charge in [0.2, 0.25) is 0 Å². The van der Waals surface area contributed by atoms with Crippen LogP contribution in [0.2, 0.25) is 10.0 Å². The molecule has 0 aliphatic rings. The largest absolute Gasteiger partial charge is 0.382 e. The molecule has 0 bridgehead atoms. The molecule has 0 spiro atoms. The van der Waals surface area contributed by atoms with Crippen molar-refractivity contribution in [3.63, 3.8) is 0 Å². The average Bonchev–Trinajstić information content (AvgIpc) is 2.38. The Kier molecular flexibility index (Phi) is 8.92. The first-order chi connectivity index (χ1) is 9.13. The van der Waals surface area contributed by atoms with Crippen molar-refractivity contribution in [1.82, 2.24) is 5.32 Å². The van der Waals surface area contributed by atoms with Crippen LogP contribution in [0.5, 0.6) is 0 Å². The zero-order valence-electron chi connectivity index (χ0n) is 11.4. The maximum absolute atomic E-state index is 6.14. The molecular formula is C14H21Cl2NOS. The summed E-state index contributed by atoms with van der Waals surface area (Å²) in [5, 5.41) is 5.36. The molecule has 1 N–H and O–H groups in total. The average molecular weight is 322 g/mol. The number of nitrogens with one attached hydrogen (secondary N) is 1. The molecular weight excluding hydrogens is 301 g/mol. The van der Waals surface area contributed by atoms with Crippen molar-refractivity contribution in [3.8, 4) is 0 Å². The Bertz CT molecular complexity index is 376. The van der Waals surface area contributed by atoms with Crippen molar-refractivity contribution >= 4 is 35.0 Å². The number of halogens is 2. The molecule has 0 saturated carbocycles. The van der Waals surface area contributed by atoms with Gasteiger partial charge in [-0.3, -0.25) is 0 Å². The fourth-order valence-corrected chi connectivity index (χ4v) is 3.07. The highest BCUT2D eigenvalue weighted by atomic mass is 35.5. The SMILES string of the molecule is CCOCCCNCC(C)Sc1cc(Cl)ccc1Cl. The van der Waals surface area contributed by atoms with Crippen LogP contribution >= 0.6 is 35.0 Å². The van der Waals surface area contributed by atoms with E-state index in [1.54, 1.807) is 11.8 Å². The van der Waals surface area contributed by atoms with Crippen LogP contribution in [0.4, 0.5) is 0 Å². The molecule has 19 heavy (non-hydrogen) atoms. The number of hydrogen-bond acceptors (Lipinski definition) is 3. The van der Waals surface area contributed by atoms with Gasteiger partial charge in [-0.25, -0.2) is 0 Å². The van der Waals surface area contributed by atoms with E-state index in [4.69, 9.17) is 27.9 Å². The van der Waals surface area contributed by atoms with Gasteiger partial charge in [-0.1, -0.05) is 30.1 Å². The number of ether oxygens (including phenoxy) is 1. The van der Waals surface area contributed by atoms with Gasteiger partial charge in [0.15, 0.2) is 0 Å². The first-order valence-corrected chi connectivity index (χ1v) is 8.17. The highest BCUT2D eigenvalue weighted by Gasteiger charge is 2.08. The van der Waals surface area contributed by atoms with E-state index in [1.165, 1.54) is 0 Å². The Morgan fingerprint density at radius 2 is 2.16 bits per heavy atom. The third-order valence-electron chi connectivity index (χ3n) is 2.50. The lowest BCUT2D eigenvalue weighted by Gasteiger charge is -2.13. The molecule has 1 atom stereocenters. The van der Waals surface area contributed by atoms with E-state index in [-0.39, 0.29) is 0 Å². The summed E-state index contributed by atoms with van der Waals surface area (Å²) in [4.78, 5) is 1.04. The molecule has 1 rings (SSSR count). The minimum atomic E-state index is 0.447. The molecule has 108 valence electrons. The predicted molar refractivity (Wildman–Crippen MR) is 85.8 cm³/mol. The summed E-state index contributed by atoms with van der Waals surface area (Å²) in [6, 6.07) is 5.57. The van der Waals surface area contributed by atoms with Crippen molar-refractivity contribution in [2.45, 2.75) is 30.4 Å². The molecule has 1 unspecified atom stereocenters. The number of rotatable bonds is 9. The fourth-order valence-electron chi connectivity index (χ4n) is 1.57. The summed E-state index contributed by atoms with van der Waals surface area (Å²) in [5.74, 6) is 0. The van der Waals surface area contributed by atoms with Gasteiger partial charge in [0.05, 0.1) is 5.02 Å². The van der Waals surface area contributed by atoms with Gasteiger partial charge in [-0.05, 0) is 38.1 Å². The molecule has 0 aromatic heterocycles. The van der Waals surface area contributed by atoms with E-state index in [1.807, 2.05) is 25.1 Å². The van der Waals surface area contributed by atoms with Crippen LogP contribution in [0, 0.1) is 0 Å². The minimum absolute atomic E-state index is 0.447. The normalized spacial score (nSPS) is 12.6. The van der Waals surface area contributed by atoms with Gasteiger partial charge in [0, 0.05) is 34.9 Å². The quantitative estimate of drug-likeness (QED) is 0.535. The molecule has 0 amide bonds. The topological polar surface area (TPSA) is 21.3 Å². The Hall–Kier alpha value is 0.0700. The second-order valence-corrected chi connectivity index (χ2v) is 6.58. The third kappa shape index (κ3) is 7.42.